The van der Waals surface area contributed by atoms with Gasteiger partial charge in [-0.15, -0.1) is 0 Å². The van der Waals surface area contributed by atoms with Gasteiger partial charge in [-0.25, -0.2) is 4.39 Å². The van der Waals surface area contributed by atoms with Gasteiger partial charge < -0.3 is 5.73 Å². The molecule has 1 rings (SSSR count). The van der Waals surface area contributed by atoms with Crippen molar-refractivity contribution in [2.45, 2.75) is 32.9 Å². The third kappa shape index (κ3) is 3.11. The average Bonchev–Trinajstić information content (AvgIpc) is 2.12. The Labute approximate surface area is 85.1 Å². The molecule has 1 unspecified atom stereocenters. The van der Waals surface area contributed by atoms with E-state index in [1.54, 1.807) is 0 Å². The monoisotopic (exact) mass is 195 g/mol. The van der Waals surface area contributed by atoms with E-state index < -0.39 is 6.17 Å². The molecule has 0 aliphatic carbocycles. The first-order valence-electron chi connectivity index (χ1n) is 5.03. The van der Waals surface area contributed by atoms with Crippen molar-refractivity contribution in [1.29, 1.82) is 0 Å². The highest BCUT2D eigenvalue weighted by molar-refractivity contribution is 5.30. The maximum atomic E-state index is 13.2. The number of rotatable bonds is 4. The quantitative estimate of drug-likeness (QED) is 0.785. The van der Waals surface area contributed by atoms with E-state index in [1.807, 2.05) is 12.1 Å². The van der Waals surface area contributed by atoms with Gasteiger partial charge in [-0.2, -0.15) is 0 Å². The van der Waals surface area contributed by atoms with Gasteiger partial charge in [0.1, 0.15) is 6.17 Å². The SMILES string of the molecule is Cc1ccc(CC(F)CCN)cc1C. The lowest BCUT2D eigenvalue weighted by atomic mass is 10.0. The summed E-state index contributed by atoms with van der Waals surface area (Å²) in [4.78, 5) is 0. The minimum Gasteiger partial charge on any atom is -0.330 e. The first-order chi connectivity index (χ1) is 6.63. The summed E-state index contributed by atoms with van der Waals surface area (Å²) in [7, 11) is 0. The van der Waals surface area contributed by atoms with Crippen molar-refractivity contribution >= 4 is 0 Å². The van der Waals surface area contributed by atoms with Crippen LogP contribution in [0.15, 0.2) is 18.2 Å². The Morgan fingerprint density at radius 2 is 2.00 bits per heavy atom. The molecule has 1 aromatic rings. The Morgan fingerprint density at radius 3 is 2.57 bits per heavy atom. The fourth-order valence-electron chi connectivity index (χ4n) is 1.47. The lowest BCUT2D eigenvalue weighted by Gasteiger charge is -2.08. The van der Waals surface area contributed by atoms with Crippen LogP contribution in [0.5, 0.6) is 0 Å². The molecule has 0 saturated heterocycles. The second-order valence-corrected chi connectivity index (χ2v) is 3.80. The van der Waals surface area contributed by atoms with Crippen LogP contribution in [0.25, 0.3) is 0 Å². The maximum absolute atomic E-state index is 13.2. The predicted molar refractivity (Wildman–Crippen MR) is 58.2 cm³/mol. The van der Waals surface area contributed by atoms with Crippen LogP contribution in [-0.4, -0.2) is 12.7 Å². The highest BCUT2D eigenvalue weighted by atomic mass is 19.1. The van der Waals surface area contributed by atoms with Gasteiger partial charge >= 0.3 is 0 Å². The Morgan fingerprint density at radius 1 is 1.29 bits per heavy atom. The summed E-state index contributed by atoms with van der Waals surface area (Å²) >= 11 is 0. The van der Waals surface area contributed by atoms with Gasteiger partial charge in [0.25, 0.3) is 0 Å². The van der Waals surface area contributed by atoms with E-state index in [4.69, 9.17) is 5.73 Å². The smallest absolute Gasteiger partial charge is 0.105 e. The molecular weight excluding hydrogens is 177 g/mol. The standard InChI is InChI=1S/C12H18FN/c1-9-3-4-11(7-10(9)2)8-12(13)5-6-14/h3-4,7,12H,5-6,8,14H2,1-2H3. The molecule has 0 saturated carbocycles. The Bertz CT molecular complexity index is 296. The van der Waals surface area contributed by atoms with Crippen molar-refractivity contribution in [3.8, 4) is 0 Å². The van der Waals surface area contributed by atoms with Crippen LogP contribution in [0.1, 0.15) is 23.1 Å². The van der Waals surface area contributed by atoms with Gasteiger partial charge in [-0.05, 0) is 43.5 Å². The Balaban J connectivity index is 2.63. The van der Waals surface area contributed by atoms with Crippen LogP contribution in [0.3, 0.4) is 0 Å². The van der Waals surface area contributed by atoms with Crippen LogP contribution in [0.4, 0.5) is 4.39 Å². The van der Waals surface area contributed by atoms with E-state index in [-0.39, 0.29) is 0 Å². The molecule has 0 spiro atoms. The van der Waals surface area contributed by atoms with Gasteiger partial charge in [0, 0.05) is 6.42 Å². The minimum absolute atomic E-state index is 0.423. The normalized spacial score (nSPS) is 12.9. The average molecular weight is 195 g/mol. The first-order valence-corrected chi connectivity index (χ1v) is 5.03. The van der Waals surface area contributed by atoms with Crippen molar-refractivity contribution in [2.75, 3.05) is 6.54 Å². The summed E-state index contributed by atoms with van der Waals surface area (Å²) in [5.41, 5.74) is 8.84. The summed E-state index contributed by atoms with van der Waals surface area (Å²) < 4.78 is 13.2. The van der Waals surface area contributed by atoms with Gasteiger partial charge in [0.15, 0.2) is 0 Å². The fourth-order valence-corrected chi connectivity index (χ4v) is 1.47. The highest BCUT2D eigenvalue weighted by Crippen LogP contribution is 2.13. The molecule has 2 heteroatoms. The molecular formula is C12H18FN. The van der Waals surface area contributed by atoms with Crippen LogP contribution in [-0.2, 0) is 6.42 Å². The summed E-state index contributed by atoms with van der Waals surface area (Å²) in [6.45, 7) is 4.53. The largest absolute Gasteiger partial charge is 0.330 e. The molecule has 1 aromatic carbocycles. The number of benzene rings is 1. The van der Waals surface area contributed by atoms with E-state index in [0.29, 0.717) is 19.4 Å². The molecule has 0 amide bonds. The van der Waals surface area contributed by atoms with E-state index in [0.717, 1.165) is 5.56 Å². The molecule has 0 radical (unpaired) electrons. The zero-order chi connectivity index (χ0) is 10.6. The van der Waals surface area contributed by atoms with Gasteiger partial charge in [0.05, 0.1) is 0 Å². The van der Waals surface area contributed by atoms with Gasteiger partial charge in [-0.3, -0.25) is 0 Å². The van der Waals surface area contributed by atoms with Crippen LogP contribution in [0.2, 0.25) is 0 Å². The lowest BCUT2D eigenvalue weighted by Crippen LogP contribution is -2.11. The molecule has 1 atom stereocenters. The topological polar surface area (TPSA) is 26.0 Å². The Hall–Kier alpha value is -0.890. The third-order valence-electron chi connectivity index (χ3n) is 2.51. The number of alkyl halides is 1. The predicted octanol–water partition coefficient (Wildman–Crippen LogP) is 2.53. The summed E-state index contributed by atoms with van der Waals surface area (Å²) in [6, 6.07) is 6.09. The van der Waals surface area contributed by atoms with Crippen molar-refractivity contribution < 1.29 is 4.39 Å². The maximum Gasteiger partial charge on any atom is 0.105 e. The van der Waals surface area contributed by atoms with Crippen molar-refractivity contribution in [1.82, 2.24) is 0 Å². The molecule has 78 valence electrons. The zero-order valence-corrected chi connectivity index (χ0v) is 8.89. The summed E-state index contributed by atoms with van der Waals surface area (Å²) in [6.07, 6.45) is 0.132. The minimum atomic E-state index is -0.804. The molecule has 0 bridgehead atoms. The number of nitrogens with two attached hydrogens (primary N) is 1. The molecule has 0 aliphatic rings. The van der Waals surface area contributed by atoms with Gasteiger partial charge in [0.2, 0.25) is 0 Å². The van der Waals surface area contributed by atoms with Crippen LogP contribution < -0.4 is 5.73 Å². The van der Waals surface area contributed by atoms with Crippen molar-refractivity contribution in [3.05, 3.63) is 34.9 Å². The first kappa shape index (κ1) is 11.2. The number of halogens is 1. The zero-order valence-electron chi connectivity index (χ0n) is 8.89. The number of hydrogen-bond donors (Lipinski definition) is 1. The second-order valence-electron chi connectivity index (χ2n) is 3.80. The lowest BCUT2D eigenvalue weighted by molar-refractivity contribution is 0.316. The molecule has 0 heterocycles. The fraction of sp³-hybridized carbons (Fsp3) is 0.500. The second kappa shape index (κ2) is 5.11. The van der Waals surface area contributed by atoms with E-state index in [2.05, 4.69) is 19.9 Å². The number of hydrogen-bond acceptors (Lipinski definition) is 1. The van der Waals surface area contributed by atoms with E-state index in [9.17, 15) is 4.39 Å². The molecule has 14 heavy (non-hydrogen) atoms. The molecule has 0 aliphatic heterocycles. The van der Waals surface area contributed by atoms with Crippen LogP contribution >= 0.6 is 0 Å². The third-order valence-corrected chi connectivity index (χ3v) is 2.51. The number of aryl methyl sites for hydroxylation is 2. The highest BCUT2D eigenvalue weighted by Gasteiger charge is 2.06. The molecule has 1 nitrogen and oxygen atoms in total. The Kier molecular flexibility index (Phi) is 4.08. The molecule has 0 fully saturated rings. The molecule has 0 aromatic heterocycles. The van der Waals surface area contributed by atoms with Crippen molar-refractivity contribution in [2.24, 2.45) is 5.73 Å². The van der Waals surface area contributed by atoms with E-state index >= 15 is 0 Å². The van der Waals surface area contributed by atoms with E-state index in [1.165, 1.54) is 11.1 Å². The van der Waals surface area contributed by atoms with Crippen molar-refractivity contribution in [3.63, 3.8) is 0 Å². The van der Waals surface area contributed by atoms with Crippen LogP contribution in [0, 0.1) is 13.8 Å². The summed E-state index contributed by atoms with van der Waals surface area (Å²) in [5, 5.41) is 0. The molecule has 2 N–H and O–H groups in total. The van der Waals surface area contributed by atoms with Gasteiger partial charge in [-0.1, -0.05) is 18.2 Å². The summed E-state index contributed by atoms with van der Waals surface area (Å²) in [5.74, 6) is 0.